The van der Waals surface area contributed by atoms with Crippen LogP contribution in [-0.4, -0.2) is 22.3 Å². The van der Waals surface area contributed by atoms with Gasteiger partial charge in [0.15, 0.2) is 0 Å². The lowest BCUT2D eigenvalue weighted by Crippen LogP contribution is -2.16. The molecule has 0 aliphatic heterocycles. The summed E-state index contributed by atoms with van der Waals surface area (Å²) < 4.78 is 30.1. The van der Waals surface area contributed by atoms with Crippen molar-refractivity contribution in [2.24, 2.45) is 5.73 Å². The van der Waals surface area contributed by atoms with Crippen molar-refractivity contribution in [2.45, 2.75) is 32.9 Å². The predicted octanol–water partition coefficient (Wildman–Crippen LogP) is 2.34. The highest BCUT2D eigenvalue weighted by Gasteiger charge is 2.22. The number of carbonyl (C=O) groups excluding carboxylic acids is 1. The molecule has 0 aliphatic carbocycles. The average molecular weight is 324 g/mol. The van der Waals surface area contributed by atoms with Crippen LogP contribution in [0.3, 0.4) is 0 Å². The zero-order valence-electron chi connectivity index (χ0n) is 12.8. The van der Waals surface area contributed by atoms with Crippen LogP contribution in [-0.2, 0) is 6.42 Å². The molecule has 2 rings (SSSR count). The molecule has 6 nitrogen and oxygen atoms in total. The molecule has 0 radical (unpaired) electrons. The van der Waals surface area contributed by atoms with E-state index in [9.17, 15) is 13.6 Å². The largest absolute Gasteiger partial charge is 0.435 e. The summed E-state index contributed by atoms with van der Waals surface area (Å²) in [6.45, 7) is 0.807. The molecule has 1 heterocycles. The second kappa shape index (κ2) is 6.64. The van der Waals surface area contributed by atoms with E-state index in [1.165, 1.54) is 16.8 Å². The highest BCUT2D eigenvalue weighted by Crippen LogP contribution is 2.27. The number of alkyl halides is 2. The van der Waals surface area contributed by atoms with Gasteiger partial charge in [-0.25, -0.2) is 4.68 Å². The molecule has 0 saturated carbocycles. The minimum atomic E-state index is -2.87. The Kier molecular flexibility index (Phi) is 4.83. The maximum atomic E-state index is 12.2. The Hall–Kier alpha value is -2.64. The Morgan fingerprint density at radius 1 is 1.35 bits per heavy atom. The van der Waals surface area contributed by atoms with E-state index in [1.54, 1.807) is 12.1 Å². The molecule has 0 spiro atoms. The van der Waals surface area contributed by atoms with Crippen LogP contribution in [0, 0.1) is 0 Å². The van der Waals surface area contributed by atoms with Crippen molar-refractivity contribution in [2.75, 3.05) is 5.73 Å². The average Bonchev–Trinajstić information content (AvgIpc) is 2.83. The molecule has 1 unspecified atom stereocenters. The molecule has 0 fully saturated rings. The lowest BCUT2D eigenvalue weighted by Gasteiger charge is -2.15. The number of ether oxygens (including phenoxy) is 1. The number of primary amides is 1. The van der Waals surface area contributed by atoms with Gasteiger partial charge in [0, 0.05) is 0 Å². The van der Waals surface area contributed by atoms with E-state index in [0.717, 1.165) is 5.56 Å². The van der Waals surface area contributed by atoms with Crippen LogP contribution < -0.4 is 16.2 Å². The van der Waals surface area contributed by atoms with Gasteiger partial charge < -0.3 is 16.2 Å². The van der Waals surface area contributed by atoms with Crippen molar-refractivity contribution in [1.82, 2.24) is 9.78 Å². The molecule has 0 aliphatic rings. The van der Waals surface area contributed by atoms with E-state index in [-0.39, 0.29) is 23.2 Å². The van der Waals surface area contributed by atoms with Crippen LogP contribution in [0.1, 0.15) is 41.5 Å². The standard InChI is InChI=1S/C15H18F2N4O2/c1-3-11-12(14(19)22)13(18)21(20-11)8(2)9-4-6-10(7-5-9)23-15(16)17/h4-8,15H,3,18H2,1-2H3,(H2,19,22). The topological polar surface area (TPSA) is 96.2 Å². The van der Waals surface area contributed by atoms with E-state index >= 15 is 0 Å². The molecule has 0 bridgehead atoms. The fraction of sp³-hybridized carbons (Fsp3) is 0.333. The highest BCUT2D eigenvalue weighted by atomic mass is 19.3. The molecular weight excluding hydrogens is 306 g/mol. The summed E-state index contributed by atoms with van der Waals surface area (Å²) in [5, 5.41) is 4.34. The number of amides is 1. The van der Waals surface area contributed by atoms with Crippen LogP contribution in [0.4, 0.5) is 14.6 Å². The molecule has 0 saturated heterocycles. The summed E-state index contributed by atoms with van der Waals surface area (Å²) in [6.07, 6.45) is 0.517. The number of nitrogen functional groups attached to an aromatic ring is 1. The van der Waals surface area contributed by atoms with Crippen molar-refractivity contribution in [3.63, 3.8) is 0 Å². The predicted molar refractivity (Wildman–Crippen MR) is 81.4 cm³/mol. The number of benzene rings is 1. The lowest BCUT2D eigenvalue weighted by atomic mass is 10.1. The maximum absolute atomic E-state index is 12.2. The third-order valence-electron chi connectivity index (χ3n) is 3.56. The quantitative estimate of drug-likeness (QED) is 0.852. The van der Waals surface area contributed by atoms with E-state index in [1.807, 2.05) is 13.8 Å². The fourth-order valence-corrected chi connectivity index (χ4v) is 2.38. The number of carbonyl (C=O) groups is 1. The third-order valence-corrected chi connectivity index (χ3v) is 3.56. The summed E-state index contributed by atoms with van der Waals surface area (Å²) in [5.74, 6) is -0.371. The van der Waals surface area contributed by atoms with Gasteiger partial charge in [-0.1, -0.05) is 19.1 Å². The Morgan fingerprint density at radius 2 is 1.96 bits per heavy atom. The first-order valence-corrected chi connectivity index (χ1v) is 7.06. The van der Waals surface area contributed by atoms with Crippen LogP contribution in [0.25, 0.3) is 0 Å². The zero-order chi connectivity index (χ0) is 17.1. The molecule has 1 atom stereocenters. The number of aryl methyl sites for hydroxylation is 1. The fourth-order valence-electron chi connectivity index (χ4n) is 2.38. The van der Waals surface area contributed by atoms with Crippen molar-refractivity contribution < 1.29 is 18.3 Å². The van der Waals surface area contributed by atoms with Gasteiger partial charge in [0.25, 0.3) is 5.91 Å². The van der Waals surface area contributed by atoms with Gasteiger partial charge in [0.2, 0.25) is 0 Å². The second-order valence-corrected chi connectivity index (χ2v) is 4.99. The van der Waals surface area contributed by atoms with E-state index in [0.29, 0.717) is 12.1 Å². The summed E-state index contributed by atoms with van der Waals surface area (Å²) >= 11 is 0. The van der Waals surface area contributed by atoms with Gasteiger partial charge in [-0.15, -0.1) is 0 Å². The molecular formula is C15H18F2N4O2. The van der Waals surface area contributed by atoms with Crippen LogP contribution in [0.5, 0.6) is 5.75 Å². The smallest absolute Gasteiger partial charge is 0.387 e. The lowest BCUT2D eigenvalue weighted by molar-refractivity contribution is -0.0498. The molecule has 8 heteroatoms. The summed E-state index contributed by atoms with van der Waals surface area (Å²) in [4.78, 5) is 11.5. The first kappa shape index (κ1) is 16.7. The number of aromatic nitrogens is 2. The number of nitrogens with two attached hydrogens (primary N) is 2. The van der Waals surface area contributed by atoms with Gasteiger partial charge in [0.1, 0.15) is 17.1 Å². The van der Waals surface area contributed by atoms with Crippen molar-refractivity contribution in [1.29, 1.82) is 0 Å². The van der Waals surface area contributed by atoms with Crippen molar-refractivity contribution in [3.05, 3.63) is 41.1 Å². The van der Waals surface area contributed by atoms with E-state index < -0.39 is 12.5 Å². The monoisotopic (exact) mass is 324 g/mol. The summed E-state index contributed by atoms with van der Waals surface area (Å²) in [6, 6.07) is 5.85. The van der Waals surface area contributed by atoms with E-state index in [2.05, 4.69) is 9.84 Å². The zero-order valence-corrected chi connectivity index (χ0v) is 12.8. The van der Waals surface area contributed by atoms with E-state index in [4.69, 9.17) is 11.5 Å². The number of hydrogen-bond donors (Lipinski definition) is 2. The SMILES string of the molecule is CCc1nn(C(C)c2ccc(OC(F)F)cc2)c(N)c1C(N)=O. The van der Waals surface area contributed by atoms with Gasteiger partial charge in [0.05, 0.1) is 11.7 Å². The minimum absolute atomic E-state index is 0.0662. The second-order valence-electron chi connectivity index (χ2n) is 4.99. The molecule has 23 heavy (non-hydrogen) atoms. The Balaban J connectivity index is 2.33. The maximum Gasteiger partial charge on any atom is 0.387 e. The minimum Gasteiger partial charge on any atom is -0.435 e. The molecule has 1 aromatic heterocycles. The first-order chi connectivity index (χ1) is 10.8. The number of nitrogens with zero attached hydrogens (tertiary/aromatic N) is 2. The Labute approximate surface area is 132 Å². The number of anilines is 1. The first-order valence-electron chi connectivity index (χ1n) is 7.06. The van der Waals surface area contributed by atoms with Gasteiger partial charge >= 0.3 is 6.61 Å². The highest BCUT2D eigenvalue weighted by molar-refractivity contribution is 5.98. The Morgan fingerprint density at radius 3 is 2.39 bits per heavy atom. The molecule has 1 amide bonds. The Bertz CT molecular complexity index is 698. The third kappa shape index (κ3) is 3.41. The van der Waals surface area contributed by atoms with Gasteiger partial charge in [-0.2, -0.15) is 13.9 Å². The van der Waals surface area contributed by atoms with Crippen LogP contribution in [0.2, 0.25) is 0 Å². The van der Waals surface area contributed by atoms with Crippen molar-refractivity contribution >= 4 is 11.7 Å². The normalized spacial score (nSPS) is 12.4. The number of hydrogen-bond acceptors (Lipinski definition) is 4. The molecule has 2 aromatic rings. The number of halogens is 2. The van der Waals surface area contributed by atoms with Crippen molar-refractivity contribution in [3.8, 4) is 5.75 Å². The van der Waals surface area contributed by atoms with Crippen LogP contribution in [0.15, 0.2) is 24.3 Å². The van der Waals surface area contributed by atoms with Crippen LogP contribution >= 0.6 is 0 Å². The molecule has 124 valence electrons. The van der Waals surface area contributed by atoms with Gasteiger partial charge in [-0.3, -0.25) is 4.79 Å². The van der Waals surface area contributed by atoms with Gasteiger partial charge in [-0.05, 0) is 31.0 Å². The number of rotatable bonds is 6. The summed E-state index contributed by atoms with van der Waals surface area (Å²) in [7, 11) is 0. The summed E-state index contributed by atoms with van der Waals surface area (Å²) in [5.41, 5.74) is 12.9. The molecule has 4 N–H and O–H groups in total. The molecule has 1 aromatic carbocycles.